The standard InChI is InChI=1S/C23H24F2N6O/c24-18-8-5-15(11-19(18)25)10-14-3-6-16(7-4-14)21(27)20(23(29)32)22(28)30-17-2-1-9-31(12-17)13-26/h3-8,11,17H,1-2,9-10,12,27H2,(H2,28,30)(H2,29,32). The number of amides is 1. The van der Waals surface area contributed by atoms with Gasteiger partial charge in [-0.1, -0.05) is 30.3 Å². The zero-order chi connectivity index (χ0) is 23.3. The van der Waals surface area contributed by atoms with E-state index in [9.17, 15) is 13.6 Å². The molecule has 0 aliphatic carbocycles. The number of amidine groups is 1. The van der Waals surface area contributed by atoms with Crippen LogP contribution in [0.3, 0.4) is 0 Å². The van der Waals surface area contributed by atoms with Crippen molar-refractivity contribution in [1.29, 1.82) is 5.26 Å². The highest BCUT2D eigenvalue weighted by Crippen LogP contribution is 2.19. The lowest BCUT2D eigenvalue weighted by atomic mass is 10.00. The van der Waals surface area contributed by atoms with Crippen LogP contribution in [0.15, 0.2) is 53.0 Å². The second kappa shape index (κ2) is 9.92. The number of benzene rings is 2. The number of piperidine rings is 1. The Kier molecular flexibility index (Phi) is 7.05. The molecule has 0 aromatic heterocycles. The van der Waals surface area contributed by atoms with Crippen LogP contribution < -0.4 is 17.2 Å². The van der Waals surface area contributed by atoms with Crippen molar-refractivity contribution in [1.82, 2.24) is 4.90 Å². The van der Waals surface area contributed by atoms with Gasteiger partial charge in [0.15, 0.2) is 17.8 Å². The number of primary amides is 1. The van der Waals surface area contributed by atoms with E-state index in [1.165, 1.54) is 6.07 Å². The first-order valence-corrected chi connectivity index (χ1v) is 10.1. The highest BCUT2D eigenvalue weighted by atomic mass is 19.2. The highest BCUT2D eigenvalue weighted by molar-refractivity contribution is 6.24. The predicted octanol–water partition coefficient (Wildman–Crippen LogP) is 2.01. The molecular formula is C23H24F2N6O. The van der Waals surface area contributed by atoms with Crippen LogP contribution in [-0.4, -0.2) is 35.8 Å². The van der Waals surface area contributed by atoms with E-state index in [0.29, 0.717) is 30.6 Å². The number of aliphatic imine (C=N–C) groups is 1. The largest absolute Gasteiger partial charge is 0.397 e. The second-order valence-electron chi connectivity index (χ2n) is 7.63. The molecule has 1 atom stereocenters. The van der Waals surface area contributed by atoms with Gasteiger partial charge in [0.1, 0.15) is 11.4 Å². The summed E-state index contributed by atoms with van der Waals surface area (Å²) in [7, 11) is 0. The van der Waals surface area contributed by atoms with Gasteiger partial charge >= 0.3 is 0 Å². The number of carbonyl (C=O) groups excluding carboxylic acids is 1. The van der Waals surface area contributed by atoms with Gasteiger partial charge in [-0.05, 0) is 48.1 Å². The Hall–Kier alpha value is -3.93. The van der Waals surface area contributed by atoms with Gasteiger partial charge in [0.2, 0.25) is 0 Å². The van der Waals surface area contributed by atoms with Crippen LogP contribution in [-0.2, 0) is 11.2 Å². The third-order valence-electron chi connectivity index (χ3n) is 5.29. The van der Waals surface area contributed by atoms with Gasteiger partial charge in [0, 0.05) is 6.54 Å². The number of hydrogen-bond donors (Lipinski definition) is 3. The van der Waals surface area contributed by atoms with Crippen molar-refractivity contribution in [2.24, 2.45) is 22.2 Å². The Morgan fingerprint density at radius 2 is 1.78 bits per heavy atom. The van der Waals surface area contributed by atoms with E-state index in [4.69, 9.17) is 22.5 Å². The number of likely N-dealkylation sites (tertiary alicyclic amines) is 1. The lowest BCUT2D eigenvalue weighted by Crippen LogP contribution is -2.37. The molecule has 1 aliphatic rings. The van der Waals surface area contributed by atoms with E-state index in [-0.39, 0.29) is 23.1 Å². The fourth-order valence-electron chi connectivity index (χ4n) is 3.64. The Morgan fingerprint density at radius 1 is 1.09 bits per heavy atom. The monoisotopic (exact) mass is 438 g/mol. The lowest BCUT2D eigenvalue weighted by Gasteiger charge is -2.26. The minimum atomic E-state index is -0.900. The number of nitriles is 1. The molecule has 6 N–H and O–H groups in total. The maximum absolute atomic E-state index is 13.4. The SMILES string of the molecule is N#CN1CCCC(N=C(N)C(C(N)=O)=C(N)c2ccc(Cc3ccc(F)c(F)c3)cc2)C1. The van der Waals surface area contributed by atoms with E-state index in [1.54, 1.807) is 29.2 Å². The smallest absolute Gasteiger partial charge is 0.254 e. The zero-order valence-electron chi connectivity index (χ0n) is 17.4. The molecule has 7 nitrogen and oxygen atoms in total. The topological polar surface area (TPSA) is 135 Å². The van der Waals surface area contributed by atoms with Crippen molar-refractivity contribution >= 4 is 17.4 Å². The molecule has 0 saturated carbocycles. The summed E-state index contributed by atoms with van der Waals surface area (Å²) in [6, 6.07) is 10.4. The quantitative estimate of drug-likeness (QED) is 0.274. The van der Waals surface area contributed by atoms with Crippen LogP contribution in [0, 0.1) is 23.1 Å². The van der Waals surface area contributed by atoms with E-state index in [0.717, 1.165) is 30.5 Å². The van der Waals surface area contributed by atoms with Crippen molar-refractivity contribution in [3.05, 3.63) is 76.4 Å². The minimum Gasteiger partial charge on any atom is -0.397 e. The van der Waals surface area contributed by atoms with Gasteiger partial charge in [-0.3, -0.25) is 9.79 Å². The first kappa shape index (κ1) is 22.7. The molecule has 3 rings (SSSR count). The summed E-state index contributed by atoms with van der Waals surface area (Å²) in [6.07, 6.45) is 4.02. The number of rotatable bonds is 6. The zero-order valence-corrected chi connectivity index (χ0v) is 17.4. The van der Waals surface area contributed by atoms with Crippen molar-refractivity contribution in [3.8, 4) is 6.19 Å². The van der Waals surface area contributed by atoms with Crippen molar-refractivity contribution in [2.45, 2.75) is 25.3 Å². The number of carbonyl (C=O) groups is 1. The van der Waals surface area contributed by atoms with Crippen LogP contribution in [0.2, 0.25) is 0 Å². The average molecular weight is 438 g/mol. The van der Waals surface area contributed by atoms with Crippen LogP contribution in [0.1, 0.15) is 29.5 Å². The molecule has 2 aromatic carbocycles. The predicted molar refractivity (Wildman–Crippen MR) is 118 cm³/mol. The number of nitrogens with zero attached hydrogens (tertiary/aromatic N) is 3. The molecular weight excluding hydrogens is 414 g/mol. The first-order valence-electron chi connectivity index (χ1n) is 10.1. The molecule has 1 amide bonds. The summed E-state index contributed by atoms with van der Waals surface area (Å²) in [5.74, 6) is -2.66. The fourth-order valence-corrected chi connectivity index (χ4v) is 3.64. The summed E-state index contributed by atoms with van der Waals surface area (Å²) in [5, 5.41) is 9.08. The van der Waals surface area contributed by atoms with Crippen LogP contribution >= 0.6 is 0 Å². The van der Waals surface area contributed by atoms with Crippen LogP contribution in [0.5, 0.6) is 0 Å². The molecule has 0 bridgehead atoms. The second-order valence-corrected chi connectivity index (χ2v) is 7.63. The molecule has 1 aliphatic heterocycles. The lowest BCUT2D eigenvalue weighted by molar-refractivity contribution is -0.114. The van der Waals surface area contributed by atoms with Crippen molar-refractivity contribution < 1.29 is 13.6 Å². The van der Waals surface area contributed by atoms with Crippen LogP contribution in [0.4, 0.5) is 8.78 Å². The molecule has 2 aromatic rings. The molecule has 0 radical (unpaired) electrons. The Morgan fingerprint density at radius 3 is 2.41 bits per heavy atom. The normalized spacial score (nSPS) is 17.5. The Bertz CT molecular complexity index is 1100. The highest BCUT2D eigenvalue weighted by Gasteiger charge is 2.22. The van der Waals surface area contributed by atoms with Gasteiger partial charge in [0.25, 0.3) is 5.91 Å². The minimum absolute atomic E-state index is 0.0642. The maximum Gasteiger partial charge on any atom is 0.254 e. The van der Waals surface area contributed by atoms with Gasteiger partial charge in [-0.25, -0.2) is 8.78 Å². The molecule has 1 fully saturated rings. The summed E-state index contributed by atoms with van der Waals surface area (Å²) in [6.45, 7) is 1.09. The van der Waals surface area contributed by atoms with E-state index >= 15 is 0 Å². The Balaban J connectivity index is 1.82. The number of nitrogens with two attached hydrogens (primary N) is 3. The van der Waals surface area contributed by atoms with E-state index in [1.807, 2.05) is 0 Å². The van der Waals surface area contributed by atoms with Crippen molar-refractivity contribution in [2.75, 3.05) is 13.1 Å². The van der Waals surface area contributed by atoms with Gasteiger partial charge in [0.05, 0.1) is 18.3 Å². The molecule has 1 saturated heterocycles. The molecule has 0 spiro atoms. The fraction of sp³-hybridized carbons (Fsp3) is 0.261. The Labute approximate surface area is 184 Å². The molecule has 166 valence electrons. The molecule has 1 heterocycles. The molecule has 32 heavy (non-hydrogen) atoms. The van der Waals surface area contributed by atoms with E-state index in [2.05, 4.69) is 11.2 Å². The maximum atomic E-state index is 13.4. The molecule has 1 unspecified atom stereocenters. The first-order chi connectivity index (χ1) is 15.3. The summed E-state index contributed by atoms with van der Waals surface area (Å²) >= 11 is 0. The number of hydrogen-bond acceptors (Lipinski definition) is 5. The summed E-state index contributed by atoms with van der Waals surface area (Å²) in [5.41, 5.74) is 19.8. The average Bonchev–Trinajstić information content (AvgIpc) is 2.76. The van der Waals surface area contributed by atoms with Crippen molar-refractivity contribution in [3.63, 3.8) is 0 Å². The number of halogens is 2. The van der Waals surface area contributed by atoms with E-state index < -0.39 is 17.5 Å². The summed E-state index contributed by atoms with van der Waals surface area (Å²) < 4.78 is 26.5. The third kappa shape index (κ3) is 5.40. The third-order valence-corrected chi connectivity index (χ3v) is 5.29. The van der Waals surface area contributed by atoms with Gasteiger partial charge in [-0.15, -0.1) is 0 Å². The summed E-state index contributed by atoms with van der Waals surface area (Å²) in [4.78, 5) is 18.1. The van der Waals surface area contributed by atoms with Crippen LogP contribution in [0.25, 0.3) is 5.70 Å². The van der Waals surface area contributed by atoms with Gasteiger partial charge < -0.3 is 22.1 Å². The molecule has 9 heteroatoms. The van der Waals surface area contributed by atoms with Gasteiger partial charge in [-0.2, -0.15) is 5.26 Å².